The standard InChI is InChI=1S/C12H9Br2N/c1-8-2-4-9(5-3-8)10-6-7-15-12(14)11(10)13/h2-7H,1H3. The second-order valence-electron chi connectivity index (χ2n) is 3.33. The maximum atomic E-state index is 4.15. The van der Waals surface area contributed by atoms with Gasteiger partial charge in [0.1, 0.15) is 4.60 Å². The summed E-state index contributed by atoms with van der Waals surface area (Å²) in [6.45, 7) is 2.08. The van der Waals surface area contributed by atoms with Crippen LogP contribution in [-0.4, -0.2) is 4.98 Å². The Kier molecular flexibility index (Phi) is 3.22. The molecule has 0 atom stereocenters. The predicted octanol–water partition coefficient (Wildman–Crippen LogP) is 4.58. The number of rotatable bonds is 1. The van der Waals surface area contributed by atoms with Crippen LogP contribution in [0.4, 0.5) is 0 Å². The summed E-state index contributed by atoms with van der Waals surface area (Å²) >= 11 is 6.93. The molecule has 0 aliphatic carbocycles. The normalized spacial score (nSPS) is 10.3. The van der Waals surface area contributed by atoms with E-state index in [4.69, 9.17) is 0 Å². The van der Waals surface area contributed by atoms with Crippen LogP contribution in [0.3, 0.4) is 0 Å². The minimum atomic E-state index is 0.834. The molecule has 0 N–H and O–H groups in total. The third-order valence-corrected chi connectivity index (χ3v) is 4.15. The molecule has 0 amide bonds. The highest BCUT2D eigenvalue weighted by Gasteiger charge is 2.06. The van der Waals surface area contributed by atoms with Crippen LogP contribution in [0.1, 0.15) is 5.56 Å². The van der Waals surface area contributed by atoms with Gasteiger partial charge in [0.25, 0.3) is 0 Å². The van der Waals surface area contributed by atoms with Crippen LogP contribution < -0.4 is 0 Å². The molecule has 3 heteroatoms. The first-order chi connectivity index (χ1) is 7.18. The minimum Gasteiger partial charge on any atom is -0.248 e. The fraction of sp³-hybridized carbons (Fsp3) is 0.0833. The van der Waals surface area contributed by atoms with Gasteiger partial charge in [-0.2, -0.15) is 0 Å². The predicted molar refractivity (Wildman–Crippen MR) is 69.8 cm³/mol. The fourth-order valence-corrected chi connectivity index (χ4v) is 2.17. The molecule has 1 aromatic carbocycles. The molecule has 0 radical (unpaired) electrons. The van der Waals surface area contributed by atoms with E-state index in [-0.39, 0.29) is 0 Å². The van der Waals surface area contributed by atoms with E-state index in [9.17, 15) is 0 Å². The number of hydrogen-bond acceptors (Lipinski definition) is 1. The van der Waals surface area contributed by atoms with Crippen molar-refractivity contribution in [3.8, 4) is 11.1 Å². The van der Waals surface area contributed by atoms with Crippen molar-refractivity contribution < 1.29 is 0 Å². The molecule has 76 valence electrons. The number of hydrogen-bond donors (Lipinski definition) is 0. The monoisotopic (exact) mass is 325 g/mol. The Morgan fingerprint density at radius 1 is 1.00 bits per heavy atom. The van der Waals surface area contributed by atoms with Gasteiger partial charge in [-0.1, -0.05) is 29.8 Å². The number of halogens is 2. The summed E-state index contributed by atoms with van der Waals surface area (Å²) in [5.74, 6) is 0. The Labute approximate surface area is 106 Å². The van der Waals surface area contributed by atoms with Crippen LogP contribution in [0.15, 0.2) is 45.6 Å². The van der Waals surface area contributed by atoms with Gasteiger partial charge < -0.3 is 0 Å². The summed E-state index contributed by atoms with van der Waals surface area (Å²) < 4.78 is 1.83. The van der Waals surface area contributed by atoms with E-state index < -0.39 is 0 Å². The van der Waals surface area contributed by atoms with Gasteiger partial charge in [-0.3, -0.25) is 0 Å². The highest BCUT2D eigenvalue weighted by molar-refractivity contribution is 9.13. The fourth-order valence-electron chi connectivity index (χ4n) is 1.37. The lowest BCUT2D eigenvalue weighted by atomic mass is 10.1. The molecule has 0 bridgehead atoms. The molecule has 0 unspecified atom stereocenters. The van der Waals surface area contributed by atoms with Crippen molar-refractivity contribution in [2.45, 2.75) is 6.92 Å². The Morgan fingerprint density at radius 2 is 1.67 bits per heavy atom. The number of benzene rings is 1. The molecule has 2 aromatic rings. The third-order valence-electron chi connectivity index (χ3n) is 2.21. The van der Waals surface area contributed by atoms with Gasteiger partial charge >= 0.3 is 0 Å². The molecule has 0 saturated heterocycles. The highest BCUT2D eigenvalue weighted by Crippen LogP contribution is 2.32. The molecule has 0 fully saturated rings. The van der Waals surface area contributed by atoms with Crippen molar-refractivity contribution in [1.29, 1.82) is 0 Å². The van der Waals surface area contributed by atoms with E-state index in [1.807, 2.05) is 6.07 Å². The molecule has 15 heavy (non-hydrogen) atoms. The van der Waals surface area contributed by atoms with Crippen molar-refractivity contribution in [3.05, 3.63) is 51.2 Å². The van der Waals surface area contributed by atoms with Crippen molar-refractivity contribution in [2.75, 3.05) is 0 Å². The molecular weight excluding hydrogens is 318 g/mol. The van der Waals surface area contributed by atoms with Gasteiger partial charge in [0, 0.05) is 11.8 Å². The molecule has 0 saturated carbocycles. The zero-order chi connectivity index (χ0) is 10.8. The van der Waals surface area contributed by atoms with Gasteiger partial charge in [-0.25, -0.2) is 4.98 Å². The molecule has 1 heterocycles. The van der Waals surface area contributed by atoms with Crippen LogP contribution in [0.5, 0.6) is 0 Å². The van der Waals surface area contributed by atoms with E-state index in [0.717, 1.165) is 14.6 Å². The van der Waals surface area contributed by atoms with Crippen LogP contribution >= 0.6 is 31.9 Å². The maximum absolute atomic E-state index is 4.15. The van der Waals surface area contributed by atoms with E-state index in [1.165, 1.54) is 11.1 Å². The molecule has 0 aliphatic heterocycles. The van der Waals surface area contributed by atoms with Crippen molar-refractivity contribution in [2.24, 2.45) is 0 Å². The summed E-state index contributed by atoms with van der Waals surface area (Å²) in [7, 11) is 0. The lowest BCUT2D eigenvalue weighted by molar-refractivity contribution is 1.26. The summed E-state index contributed by atoms with van der Waals surface area (Å²) in [5.41, 5.74) is 3.61. The van der Waals surface area contributed by atoms with Gasteiger partial charge in [-0.15, -0.1) is 0 Å². The Hall–Kier alpha value is -0.670. The van der Waals surface area contributed by atoms with Gasteiger partial charge in [0.05, 0.1) is 4.47 Å². The summed E-state index contributed by atoms with van der Waals surface area (Å²) in [6.07, 6.45) is 1.80. The third kappa shape index (κ3) is 2.29. The summed E-state index contributed by atoms with van der Waals surface area (Å²) in [4.78, 5) is 4.15. The zero-order valence-electron chi connectivity index (χ0n) is 8.17. The first-order valence-electron chi connectivity index (χ1n) is 4.55. The SMILES string of the molecule is Cc1ccc(-c2ccnc(Br)c2Br)cc1. The summed E-state index contributed by atoms with van der Waals surface area (Å²) in [6, 6.07) is 10.4. The first kappa shape index (κ1) is 10.8. The van der Waals surface area contributed by atoms with Crippen LogP contribution in [0.25, 0.3) is 11.1 Å². The summed E-state index contributed by atoms with van der Waals surface area (Å²) in [5, 5.41) is 0. The molecular formula is C12H9Br2N. The number of aromatic nitrogens is 1. The van der Waals surface area contributed by atoms with Crippen LogP contribution in [-0.2, 0) is 0 Å². The topological polar surface area (TPSA) is 12.9 Å². The lowest BCUT2D eigenvalue weighted by Crippen LogP contribution is -1.84. The zero-order valence-corrected chi connectivity index (χ0v) is 11.3. The average Bonchev–Trinajstić information content (AvgIpc) is 2.24. The van der Waals surface area contributed by atoms with Crippen LogP contribution in [0, 0.1) is 6.92 Å². The van der Waals surface area contributed by atoms with E-state index >= 15 is 0 Å². The second kappa shape index (κ2) is 4.45. The first-order valence-corrected chi connectivity index (χ1v) is 6.14. The Bertz CT molecular complexity index is 477. The van der Waals surface area contributed by atoms with E-state index in [2.05, 4.69) is 68.0 Å². The number of aryl methyl sites for hydroxylation is 1. The lowest BCUT2D eigenvalue weighted by Gasteiger charge is -2.05. The minimum absolute atomic E-state index is 0.834. The Morgan fingerprint density at radius 3 is 2.33 bits per heavy atom. The largest absolute Gasteiger partial charge is 0.248 e. The van der Waals surface area contributed by atoms with Crippen molar-refractivity contribution in [1.82, 2.24) is 4.98 Å². The van der Waals surface area contributed by atoms with Crippen molar-refractivity contribution >= 4 is 31.9 Å². The molecule has 1 aromatic heterocycles. The quantitative estimate of drug-likeness (QED) is 0.699. The van der Waals surface area contributed by atoms with E-state index in [0.29, 0.717) is 0 Å². The maximum Gasteiger partial charge on any atom is 0.120 e. The average molecular weight is 327 g/mol. The smallest absolute Gasteiger partial charge is 0.120 e. The second-order valence-corrected chi connectivity index (χ2v) is 4.87. The molecule has 0 aliphatic rings. The molecule has 0 spiro atoms. The van der Waals surface area contributed by atoms with Gasteiger partial charge in [0.15, 0.2) is 0 Å². The van der Waals surface area contributed by atoms with Gasteiger partial charge in [-0.05, 0) is 50.4 Å². The number of pyridine rings is 1. The highest BCUT2D eigenvalue weighted by atomic mass is 79.9. The molecule has 2 rings (SSSR count). The van der Waals surface area contributed by atoms with Gasteiger partial charge in [0.2, 0.25) is 0 Å². The molecule has 1 nitrogen and oxygen atoms in total. The van der Waals surface area contributed by atoms with Crippen LogP contribution in [0.2, 0.25) is 0 Å². The number of nitrogens with zero attached hydrogens (tertiary/aromatic N) is 1. The van der Waals surface area contributed by atoms with Crippen molar-refractivity contribution in [3.63, 3.8) is 0 Å². The van der Waals surface area contributed by atoms with E-state index in [1.54, 1.807) is 6.20 Å². The Balaban J connectivity index is 2.54.